The number of nitrogen functional groups attached to an aromatic ring is 1. The van der Waals surface area contributed by atoms with Gasteiger partial charge >= 0.3 is 5.97 Å². The second kappa shape index (κ2) is 6.14. The SMILES string of the molecule is COC(=O)c1c(N2CCCC(C)CC2)sc(C#N)c1N. The highest BCUT2D eigenvalue weighted by Crippen LogP contribution is 2.39. The van der Waals surface area contributed by atoms with E-state index < -0.39 is 5.97 Å². The van der Waals surface area contributed by atoms with Crippen LogP contribution in [-0.2, 0) is 4.74 Å². The number of thiophene rings is 1. The molecule has 2 rings (SSSR count). The number of anilines is 2. The standard InChI is InChI=1S/C14H19N3O2S/c1-9-4-3-6-17(7-5-9)13-11(14(18)19-2)12(16)10(8-15)20-13/h9H,3-7,16H2,1-2H3. The van der Waals surface area contributed by atoms with Crippen LogP contribution in [0.25, 0.3) is 0 Å². The van der Waals surface area contributed by atoms with Gasteiger partial charge in [-0.1, -0.05) is 6.92 Å². The Hall–Kier alpha value is -1.74. The Bertz CT molecular complexity index is 547. The third-order valence-corrected chi connectivity index (χ3v) is 4.89. The van der Waals surface area contributed by atoms with Gasteiger partial charge in [0.15, 0.2) is 0 Å². The summed E-state index contributed by atoms with van der Waals surface area (Å²) in [6.45, 7) is 4.02. The van der Waals surface area contributed by atoms with E-state index in [0.29, 0.717) is 16.4 Å². The van der Waals surface area contributed by atoms with Crippen molar-refractivity contribution in [3.8, 4) is 6.07 Å². The number of nitriles is 1. The first-order valence-electron chi connectivity index (χ1n) is 6.74. The molecule has 0 spiro atoms. The minimum Gasteiger partial charge on any atom is -0.465 e. The van der Waals surface area contributed by atoms with Crippen molar-refractivity contribution in [2.75, 3.05) is 30.8 Å². The van der Waals surface area contributed by atoms with E-state index in [4.69, 9.17) is 15.7 Å². The van der Waals surface area contributed by atoms with E-state index in [1.54, 1.807) is 0 Å². The Morgan fingerprint density at radius 1 is 1.50 bits per heavy atom. The predicted octanol–water partition coefficient (Wildman–Crippen LogP) is 2.61. The molecular formula is C14H19N3O2S. The summed E-state index contributed by atoms with van der Waals surface area (Å²) in [7, 11) is 1.33. The first-order chi connectivity index (χ1) is 9.58. The number of esters is 1. The molecule has 1 aliphatic heterocycles. The van der Waals surface area contributed by atoms with Gasteiger partial charge in [-0.25, -0.2) is 4.79 Å². The van der Waals surface area contributed by atoms with Crippen LogP contribution in [0.4, 0.5) is 10.7 Å². The van der Waals surface area contributed by atoms with Gasteiger partial charge in [-0.3, -0.25) is 0 Å². The summed E-state index contributed by atoms with van der Waals surface area (Å²) >= 11 is 1.29. The third-order valence-electron chi connectivity index (χ3n) is 3.72. The van der Waals surface area contributed by atoms with Crippen molar-refractivity contribution in [3.05, 3.63) is 10.4 Å². The van der Waals surface area contributed by atoms with E-state index in [0.717, 1.165) is 30.9 Å². The van der Waals surface area contributed by atoms with Crippen LogP contribution >= 0.6 is 11.3 Å². The Morgan fingerprint density at radius 3 is 2.90 bits per heavy atom. The van der Waals surface area contributed by atoms with Gasteiger partial charge in [0.05, 0.1) is 12.8 Å². The minimum absolute atomic E-state index is 0.247. The van der Waals surface area contributed by atoms with Crippen molar-refractivity contribution < 1.29 is 9.53 Å². The van der Waals surface area contributed by atoms with Gasteiger partial charge in [-0.15, -0.1) is 11.3 Å². The zero-order valence-corrected chi connectivity index (χ0v) is 12.6. The molecule has 108 valence electrons. The van der Waals surface area contributed by atoms with Gasteiger partial charge in [0.1, 0.15) is 21.5 Å². The average molecular weight is 293 g/mol. The predicted molar refractivity (Wildman–Crippen MR) is 80.0 cm³/mol. The molecule has 5 nitrogen and oxygen atoms in total. The molecule has 1 unspecified atom stereocenters. The maximum absolute atomic E-state index is 11.9. The molecule has 1 fully saturated rings. The molecule has 2 heterocycles. The summed E-state index contributed by atoms with van der Waals surface area (Å²) in [5.74, 6) is 0.224. The van der Waals surface area contributed by atoms with Crippen LogP contribution in [0.15, 0.2) is 0 Å². The Balaban J connectivity index is 2.39. The zero-order valence-electron chi connectivity index (χ0n) is 11.8. The summed E-state index contributed by atoms with van der Waals surface area (Å²) in [6, 6.07) is 2.06. The molecule has 1 aliphatic rings. The molecule has 6 heteroatoms. The maximum atomic E-state index is 11.9. The highest BCUT2D eigenvalue weighted by molar-refractivity contribution is 7.17. The molecule has 1 aromatic rings. The van der Waals surface area contributed by atoms with Crippen molar-refractivity contribution in [1.82, 2.24) is 0 Å². The molecule has 0 saturated carbocycles. The van der Waals surface area contributed by atoms with Crippen molar-refractivity contribution in [2.24, 2.45) is 5.92 Å². The lowest BCUT2D eigenvalue weighted by atomic mass is 10.0. The van der Waals surface area contributed by atoms with Gasteiger partial charge in [0.2, 0.25) is 0 Å². The van der Waals surface area contributed by atoms with Crippen LogP contribution in [0.5, 0.6) is 0 Å². The number of nitrogens with two attached hydrogens (primary N) is 1. The smallest absolute Gasteiger partial charge is 0.343 e. The van der Waals surface area contributed by atoms with Crippen LogP contribution in [0.1, 0.15) is 41.4 Å². The zero-order chi connectivity index (χ0) is 14.7. The lowest BCUT2D eigenvalue weighted by Crippen LogP contribution is -2.25. The molecule has 0 aromatic carbocycles. The van der Waals surface area contributed by atoms with E-state index in [2.05, 4.69) is 17.9 Å². The molecule has 1 saturated heterocycles. The second-order valence-electron chi connectivity index (χ2n) is 5.15. The highest BCUT2D eigenvalue weighted by atomic mass is 32.1. The topological polar surface area (TPSA) is 79.3 Å². The average Bonchev–Trinajstić information content (AvgIpc) is 2.62. The molecule has 0 amide bonds. The monoisotopic (exact) mass is 293 g/mol. The van der Waals surface area contributed by atoms with Crippen LogP contribution < -0.4 is 10.6 Å². The van der Waals surface area contributed by atoms with Gasteiger partial charge in [-0.05, 0) is 25.2 Å². The van der Waals surface area contributed by atoms with Gasteiger partial charge in [-0.2, -0.15) is 5.26 Å². The molecule has 1 atom stereocenters. The van der Waals surface area contributed by atoms with Crippen LogP contribution in [0, 0.1) is 17.2 Å². The fraction of sp³-hybridized carbons (Fsp3) is 0.571. The van der Waals surface area contributed by atoms with E-state index in [9.17, 15) is 4.79 Å². The van der Waals surface area contributed by atoms with E-state index in [1.165, 1.54) is 24.9 Å². The maximum Gasteiger partial charge on any atom is 0.343 e. The lowest BCUT2D eigenvalue weighted by Gasteiger charge is -2.22. The largest absolute Gasteiger partial charge is 0.465 e. The fourth-order valence-corrected chi connectivity index (χ4v) is 3.56. The molecule has 0 bridgehead atoms. The van der Waals surface area contributed by atoms with Crippen molar-refractivity contribution >= 4 is 28.0 Å². The number of carbonyl (C=O) groups excluding carboxylic acids is 1. The van der Waals surface area contributed by atoms with Crippen molar-refractivity contribution in [3.63, 3.8) is 0 Å². The van der Waals surface area contributed by atoms with Gasteiger partial charge in [0, 0.05) is 13.1 Å². The summed E-state index contributed by atoms with van der Waals surface area (Å²) in [5.41, 5.74) is 6.52. The quantitative estimate of drug-likeness (QED) is 0.848. The summed E-state index contributed by atoms with van der Waals surface area (Å²) in [4.78, 5) is 14.5. The highest BCUT2D eigenvalue weighted by Gasteiger charge is 2.27. The summed E-state index contributed by atoms with van der Waals surface area (Å²) in [5, 5.41) is 9.89. The van der Waals surface area contributed by atoms with Gasteiger partial charge < -0.3 is 15.4 Å². The first kappa shape index (κ1) is 14.7. The van der Waals surface area contributed by atoms with E-state index >= 15 is 0 Å². The van der Waals surface area contributed by atoms with Crippen molar-refractivity contribution in [1.29, 1.82) is 5.26 Å². The number of nitrogens with zero attached hydrogens (tertiary/aromatic N) is 2. The third kappa shape index (κ3) is 2.73. The minimum atomic E-state index is -0.465. The number of hydrogen-bond acceptors (Lipinski definition) is 6. The molecule has 0 radical (unpaired) electrons. The second-order valence-corrected chi connectivity index (χ2v) is 6.15. The molecule has 1 aromatic heterocycles. The van der Waals surface area contributed by atoms with Crippen LogP contribution in [0.2, 0.25) is 0 Å². The van der Waals surface area contributed by atoms with Gasteiger partial charge in [0.25, 0.3) is 0 Å². The Labute approximate surface area is 122 Å². The molecule has 20 heavy (non-hydrogen) atoms. The number of methoxy groups -OCH3 is 1. The Kier molecular flexibility index (Phi) is 4.50. The fourth-order valence-electron chi connectivity index (χ4n) is 2.50. The summed E-state index contributed by atoms with van der Waals surface area (Å²) in [6.07, 6.45) is 3.36. The lowest BCUT2D eigenvalue weighted by molar-refractivity contribution is 0.0603. The van der Waals surface area contributed by atoms with Crippen LogP contribution in [-0.4, -0.2) is 26.2 Å². The number of hydrogen-bond donors (Lipinski definition) is 1. The number of ether oxygens (including phenoxy) is 1. The van der Waals surface area contributed by atoms with Crippen LogP contribution in [0.3, 0.4) is 0 Å². The Morgan fingerprint density at radius 2 is 2.25 bits per heavy atom. The van der Waals surface area contributed by atoms with E-state index in [1.807, 2.05) is 0 Å². The molecule has 0 aliphatic carbocycles. The summed E-state index contributed by atoms with van der Waals surface area (Å²) < 4.78 is 4.81. The van der Waals surface area contributed by atoms with Crippen molar-refractivity contribution in [2.45, 2.75) is 26.2 Å². The number of carbonyl (C=O) groups is 1. The number of rotatable bonds is 2. The first-order valence-corrected chi connectivity index (χ1v) is 7.55. The normalized spacial score (nSPS) is 19.2. The van der Waals surface area contributed by atoms with E-state index in [-0.39, 0.29) is 5.69 Å². The molecule has 2 N–H and O–H groups in total. The molecular weight excluding hydrogens is 274 g/mol.